The Bertz CT molecular complexity index is 362. The van der Waals surface area contributed by atoms with Gasteiger partial charge in [0, 0.05) is 6.54 Å². The summed E-state index contributed by atoms with van der Waals surface area (Å²) in [5.41, 5.74) is 1.08. The van der Waals surface area contributed by atoms with E-state index in [1.54, 1.807) is 0 Å². The van der Waals surface area contributed by atoms with E-state index in [0.717, 1.165) is 24.7 Å². The van der Waals surface area contributed by atoms with Crippen LogP contribution in [0.15, 0.2) is 18.2 Å². The molecule has 1 aromatic heterocycles. The fourth-order valence-electron chi connectivity index (χ4n) is 2.46. The van der Waals surface area contributed by atoms with Crippen LogP contribution >= 0.6 is 11.6 Å². The highest BCUT2D eigenvalue weighted by atomic mass is 35.5. The minimum Gasteiger partial charge on any atom is -0.317 e. The topological polar surface area (TPSA) is 28.2 Å². The Morgan fingerprint density at radius 1 is 1.39 bits per heavy atom. The van der Waals surface area contributed by atoms with E-state index in [4.69, 9.17) is 11.6 Å². The predicted molar refractivity (Wildman–Crippen MR) is 75.8 cm³/mol. The zero-order chi connectivity index (χ0) is 12.8. The molecule has 0 spiro atoms. The highest BCUT2D eigenvalue weighted by Gasteiger charge is 2.18. The lowest BCUT2D eigenvalue weighted by molar-refractivity contribution is 0.174. The van der Waals surface area contributed by atoms with E-state index in [1.165, 1.54) is 32.5 Å². The quantitative estimate of drug-likeness (QED) is 0.831. The van der Waals surface area contributed by atoms with Gasteiger partial charge >= 0.3 is 0 Å². The summed E-state index contributed by atoms with van der Waals surface area (Å²) in [4.78, 5) is 6.82. The first kappa shape index (κ1) is 13.8. The largest absolute Gasteiger partial charge is 0.317 e. The molecule has 0 aliphatic carbocycles. The molecule has 0 aromatic carbocycles. The third-order valence-corrected chi connectivity index (χ3v) is 3.76. The Kier molecular flexibility index (Phi) is 5.42. The number of nitrogens with zero attached hydrogens (tertiary/aromatic N) is 2. The number of hydrogen-bond donors (Lipinski definition) is 1. The summed E-state index contributed by atoms with van der Waals surface area (Å²) >= 11 is 5.91. The second-order valence-corrected chi connectivity index (χ2v) is 5.37. The molecule has 0 bridgehead atoms. The molecule has 1 fully saturated rings. The van der Waals surface area contributed by atoms with E-state index in [1.807, 2.05) is 12.1 Å². The zero-order valence-electron chi connectivity index (χ0n) is 11.0. The number of rotatable bonds is 5. The fraction of sp³-hybridized carbons (Fsp3) is 0.643. The second-order valence-electron chi connectivity index (χ2n) is 4.98. The summed E-state index contributed by atoms with van der Waals surface area (Å²) in [6, 6.07) is 5.85. The van der Waals surface area contributed by atoms with Crippen LogP contribution in [0.2, 0.25) is 5.15 Å². The minimum atomic E-state index is 0.592. The van der Waals surface area contributed by atoms with Crippen LogP contribution in [0.4, 0.5) is 0 Å². The second kappa shape index (κ2) is 7.07. The van der Waals surface area contributed by atoms with Crippen molar-refractivity contribution in [1.29, 1.82) is 0 Å². The van der Waals surface area contributed by atoms with Crippen LogP contribution in [0.25, 0.3) is 0 Å². The maximum atomic E-state index is 5.91. The average molecular weight is 268 g/mol. The van der Waals surface area contributed by atoms with Gasteiger partial charge in [0.15, 0.2) is 0 Å². The van der Waals surface area contributed by atoms with Gasteiger partial charge in [-0.1, -0.05) is 24.6 Å². The molecule has 18 heavy (non-hydrogen) atoms. The molecule has 0 atom stereocenters. The first-order valence-corrected chi connectivity index (χ1v) is 7.20. The van der Waals surface area contributed by atoms with E-state index < -0.39 is 0 Å². The molecule has 0 radical (unpaired) electrons. The third-order valence-electron chi connectivity index (χ3n) is 3.55. The maximum absolute atomic E-state index is 5.91. The normalized spacial score (nSPS) is 18.1. The fourth-order valence-corrected chi connectivity index (χ4v) is 2.65. The first-order chi connectivity index (χ1) is 8.78. The Morgan fingerprint density at radius 2 is 2.17 bits per heavy atom. The van der Waals surface area contributed by atoms with Crippen molar-refractivity contribution in [3.8, 4) is 0 Å². The van der Waals surface area contributed by atoms with Crippen molar-refractivity contribution in [2.75, 3.05) is 26.2 Å². The number of halogens is 1. The molecule has 1 aliphatic heterocycles. The molecule has 0 amide bonds. The molecule has 1 aromatic rings. The van der Waals surface area contributed by atoms with E-state index in [-0.39, 0.29) is 0 Å². The van der Waals surface area contributed by atoms with Gasteiger partial charge in [-0.3, -0.25) is 4.90 Å². The van der Waals surface area contributed by atoms with E-state index in [2.05, 4.69) is 28.2 Å². The monoisotopic (exact) mass is 267 g/mol. The lowest BCUT2D eigenvalue weighted by atomic mass is 9.96. The summed E-state index contributed by atoms with van der Waals surface area (Å²) in [6.07, 6.45) is 2.57. The van der Waals surface area contributed by atoms with Gasteiger partial charge in [0.1, 0.15) is 5.15 Å². The van der Waals surface area contributed by atoms with Crippen molar-refractivity contribution in [2.45, 2.75) is 26.3 Å². The molecule has 2 heterocycles. The number of likely N-dealkylation sites (tertiary alicyclic amines) is 1. The van der Waals surface area contributed by atoms with Crippen LogP contribution in [0.3, 0.4) is 0 Å². The van der Waals surface area contributed by atoms with Gasteiger partial charge in [-0.25, -0.2) is 4.98 Å². The van der Waals surface area contributed by atoms with Crippen LogP contribution in [0, 0.1) is 5.92 Å². The zero-order valence-corrected chi connectivity index (χ0v) is 11.8. The van der Waals surface area contributed by atoms with Gasteiger partial charge in [-0.05, 0) is 57.1 Å². The van der Waals surface area contributed by atoms with E-state index in [0.29, 0.717) is 5.15 Å². The van der Waals surface area contributed by atoms with Crippen LogP contribution in [-0.2, 0) is 6.54 Å². The van der Waals surface area contributed by atoms with Gasteiger partial charge < -0.3 is 5.32 Å². The van der Waals surface area contributed by atoms with Gasteiger partial charge in [0.2, 0.25) is 0 Å². The molecule has 3 nitrogen and oxygen atoms in total. The number of nitrogens with one attached hydrogen (secondary N) is 1. The lowest BCUT2D eigenvalue weighted by Gasteiger charge is -2.31. The van der Waals surface area contributed by atoms with E-state index >= 15 is 0 Å². The average Bonchev–Trinajstić information content (AvgIpc) is 2.38. The molecule has 1 aliphatic rings. The molecule has 1 saturated heterocycles. The SMILES string of the molecule is CCNCC1CCN(Cc2cccc(Cl)n2)CC1. The molecule has 0 unspecified atom stereocenters. The Balaban J connectivity index is 1.76. The van der Waals surface area contributed by atoms with Crippen LogP contribution < -0.4 is 5.32 Å². The van der Waals surface area contributed by atoms with Crippen LogP contribution in [0.1, 0.15) is 25.5 Å². The maximum Gasteiger partial charge on any atom is 0.129 e. The number of pyridine rings is 1. The smallest absolute Gasteiger partial charge is 0.129 e. The van der Waals surface area contributed by atoms with Crippen molar-refractivity contribution in [2.24, 2.45) is 5.92 Å². The summed E-state index contributed by atoms with van der Waals surface area (Å²) in [5, 5.41) is 4.03. The van der Waals surface area contributed by atoms with Crippen molar-refractivity contribution in [3.05, 3.63) is 29.0 Å². The molecular formula is C14H22ClN3. The molecule has 100 valence electrons. The summed E-state index contributed by atoms with van der Waals surface area (Å²) in [7, 11) is 0. The highest BCUT2D eigenvalue weighted by Crippen LogP contribution is 2.18. The summed E-state index contributed by atoms with van der Waals surface area (Å²) < 4.78 is 0. The molecule has 0 saturated carbocycles. The van der Waals surface area contributed by atoms with Gasteiger partial charge in [0.05, 0.1) is 5.69 Å². The molecule has 1 N–H and O–H groups in total. The minimum absolute atomic E-state index is 0.592. The Hall–Kier alpha value is -0.640. The standard InChI is InChI=1S/C14H22ClN3/c1-2-16-10-12-6-8-18(9-7-12)11-13-4-3-5-14(15)17-13/h3-5,12,16H,2,6-11H2,1H3. The predicted octanol–water partition coefficient (Wildman–Crippen LogP) is 2.56. The third kappa shape index (κ3) is 4.23. The molecular weight excluding hydrogens is 246 g/mol. The van der Waals surface area contributed by atoms with E-state index in [9.17, 15) is 0 Å². The van der Waals surface area contributed by atoms with Gasteiger partial charge in [0.25, 0.3) is 0 Å². The van der Waals surface area contributed by atoms with Crippen molar-refractivity contribution >= 4 is 11.6 Å². The van der Waals surface area contributed by atoms with Gasteiger partial charge in [-0.2, -0.15) is 0 Å². The van der Waals surface area contributed by atoms with Crippen molar-refractivity contribution in [3.63, 3.8) is 0 Å². The molecule has 4 heteroatoms. The lowest BCUT2D eigenvalue weighted by Crippen LogP contribution is -2.37. The summed E-state index contributed by atoms with van der Waals surface area (Å²) in [5.74, 6) is 0.841. The molecule has 2 rings (SSSR count). The van der Waals surface area contributed by atoms with Crippen molar-refractivity contribution in [1.82, 2.24) is 15.2 Å². The summed E-state index contributed by atoms with van der Waals surface area (Å²) in [6.45, 7) is 7.68. The Morgan fingerprint density at radius 3 is 2.83 bits per heavy atom. The van der Waals surface area contributed by atoms with Crippen LogP contribution in [0.5, 0.6) is 0 Å². The number of hydrogen-bond acceptors (Lipinski definition) is 3. The number of piperidine rings is 1. The number of aromatic nitrogens is 1. The Labute approximate surface area is 115 Å². The first-order valence-electron chi connectivity index (χ1n) is 6.82. The van der Waals surface area contributed by atoms with Crippen molar-refractivity contribution < 1.29 is 0 Å². The highest BCUT2D eigenvalue weighted by molar-refractivity contribution is 6.29. The van der Waals surface area contributed by atoms with Crippen LogP contribution in [-0.4, -0.2) is 36.1 Å². The van der Waals surface area contributed by atoms with Gasteiger partial charge in [-0.15, -0.1) is 0 Å².